The first-order valence-electron chi connectivity index (χ1n) is 9.58. The van der Waals surface area contributed by atoms with Crippen LogP contribution in [-0.2, 0) is 14.8 Å². The lowest BCUT2D eigenvalue weighted by Crippen LogP contribution is -2.86. The summed E-state index contributed by atoms with van der Waals surface area (Å²) in [7, 11) is -3.45. The molecule has 0 saturated heterocycles. The molecule has 0 unspecified atom stereocenters. The number of rotatable bonds is 9. The number of benzene rings is 2. The zero-order valence-corrected chi connectivity index (χ0v) is 17.8. The van der Waals surface area contributed by atoms with Crippen LogP contribution in [0.15, 0.2) is 53.4 Å². The number of hydrogen-bond donors (Lipinski definition) is 2. The molecule has 3 N–H and O–H groups in total. The van der Waals surface area contributed by atoms with E-state index in [4.69, 9.17) is 0 Å². The molecule has 0 saturated carbocycles. The number of quaternary nitrogens is 1. The van der Waals surface area contributed by atoms with E-state index in [1.807, 2.05) is 69.4 Å². The Kier molecular flexibility index (Phi) is 7.74. The van der Waals surface area contributed by atoms with Crippen LogP contribution >= 0.6 is 0 Å². The smallest absolute Gasteiger partial charge is 0.279 e. The third-order valence-electron chi connectivity index (χ3n) is 4.83. The molecule has 0 radical (unpaired) electrons. The molecule has 152 valence electrons. The highest BCUT2D eigenvalue weighted by Crippen LogP contribution is 2.18. The van der Waals surface area contributed by atoms with Gasteiger partial charge in [0, 0.05) is 24.3 Å². The van der Waals surface area contributed by atoms with Crippen molar-refractivity contribution in [2.45, 2.75) is 38.6 Å². The van der Waals surface area contributed by atoms with E-state index in [1.54, 1.807) is 12.1 Å². The Morgan fingerprint density at radius 2 is 1.68 bits per heavy atom. The molecule has 2 aromatic rings. The van der Waals surface area contributed by atoms with Crippen LogP contribution in [0.5, 0.6) is 0 Å². The van der Waals surface area contributed by atoms with Crippen molar-refractivity contribution < 1.29 is 18.5 Å². The number of amides is 1. The van der Waals surface area contributed by atoms with Crippen LogP contribution in [0.1, 0.15) is 37.9 Å². The number of hydrogen-bond acceptors (Lipinski definition) is 3. The van der Waals surface area contributed by atoms with E-state index >= 15 is 0 Å². The fourth-order valence-corrected chi connectivity index (χ4v) is 4.45. The number of nitrogens with zero attached hydrogens (tertiary/aromatic N) is 1. The summed E-state index contributed by atoms with van der Waals surface area (Å²) in [5.74, 6) is -0.0677. The predicted molar refractivity (Wildman–Crippen MR) is 112 cm³/mol. The minimum absolute atomic E-state index is 0.0350. The van der Waals surface area contributed by atoms with Crippen molar-refractivity contribution in [3.8, 4) is 0 Å². The average molecular weight is 405 g/mol. The fraction of sp³-hybridized carbons (Fsp3) is 0.381. The van der Waals surface area contributed by atoms with Gasteiger partial charge in [-0.25, -0.2) is 8.42 Å². The van der Waals surface area contributed by atoms with Crippen molar-refractivity contribution >= 4 is 21.6 Å². The maximum atomic E-state index is 12.6. The Morgan fingerprint density at radius 1 is 1.07 bits per heavy atom. The van der Waals surface area contributed by atoms with Crippen LogP contribution in [0.2, 0.25) is 0 Å². The lowest BCUT2D eigenvalue weighted by atomic mass is 10.1. The lowest BCUT2D eigenvalue weighted by Gasteiger charge is -2.19. The normalized spacial score (nSPS) is 12.8. The van der Waals surface area contributed by atoms with Gasteiger partial charge in [-0.05, 0) is 37.6 Å². The second-order valence-corrected chi connectivity index (χ2v) is 8.69. The van der Waals surface area contributed by atoms with Crippen LogP contribution in [0.25, 0.3) is 0 Å². The largest absolute Gasteiger partial charge is 0.333 e. The van der Waals surface area contributed by atoms with Crippen molar-refractivity contribution in [2.24, 2.45) is 0 Å². The molecule has 7 heteroatoms. The number of nitrogens with two attached hydrogens (primary N) is 1. The van der Waals surface area contributed by atoms with E-state index in [2.05, 4.69) is 5.32 Å². The van der Waals surface area contributed by atoms with E-state index in [0.717, 1.165) is 16.8 Å². The minimum atomic E-state index is -3.45. The van der Waals surface area contributed by atoms with Gasteiger partial charge in [0.2, 0.25) is 10.0 Å². The summed E-state index contributed by atoms with van der Waals surface area (Å²) in [6.45, 7) is 8.78. The summed E-state index contributed by atoms with van der Waals surface area (Å²) >= 11 is 0. The van der Waals surface area contributed by atoms with Crippen LogP contribution < -0.4 is 10.6 Å². The van der Waals surface area contributed by atoms with Gasteiger partial charge >= 0.3 is 0 Å². The highest BCUT2D eigenvalue weighted by molar-refractivity contribution is 7.89. The molecule has 0 aromatic heterocycles. The SMILES string of the molecule is CCN(CC)S(=O)(=O)c1ccc([C@H](C)[NH2+]CC(=O)Nc2ccccc2C)cc1. The van der Waals surface area contributed by atoms with Gasteiger partial charge in [-0.1, -0.05) is 44.2 Å². The van der Waals surface area contributed by atoms with Gasteiger partial charge < -0.3 is 10.6 Å². The quantitative estimate of drug-likeness (QED) is 0.673. The highest BCUT2D eigenvalue weighted by atomic mass is 32.2. The molecule has 0 aliphatic carbocycles. The van der Waals surface area contributed by atoms with Crippen LogP contribution in [0.4, 0.5) is 5.69 Å². The number of sulfonamides is 1. The molecule has 2 aromatic carbocycles. The summed E-state index contributed by atoms with van der Waals surface area (Å²) in [4.78, 5) is 12.5. The number of nitrogens with one attached hydrogen (secondary N) is 1. The first-order valence-corrected chi connectivity index (χ1v) is 11.0. The fourth-order valence-electron chi connectivity index (χ4n) is 2.99. The van der Waals surface area contributed by atoms with Crippen LogP contribution in [0, 0.1) is 6.92 Å². The molecule has 28 heavy (non-hydrogen) atoms. The van der Waals surface area contributed by atoms with Crippen LogP contribution in [0.3, 0.4) is 0 Å². The molecular formula is C21H30N3O3S+. The van der Waals surface area contributed by atoms with Gasteiger partial charge in [-0.15, -0.1) is 0 Å². The van der Waals surface area contributed by atoms with Gasteiger partial charge in [0.25, 0.3) is 5.91 Å². The second-order valence-electron chi connectivity index (χ2n) is 6.75. The van der Waals surface area contributed by atoms with E-state index in [-0.39, 0.29) is 18.5 Å². The maximum absolute atomic E-state index is 12.6. The topological polar surface area (TPSA) is 83.1 Å². The van der Waals surface area contributed by atoms with Crippen molar-refractivity contribution in [3.05, 3.63) is 59.7 Å². The predicted octanol–water partition coefficient (Wildman–Crippen LogP) is 2.29. The zero-order chi connectivity index (χ0) is 20.7. The molecule has 6 nitrogen and oxygen atoms in total. The van der Waals surface area contributed by atoms with E-state index in [0.29, 0.717) is 18.0 Å². The molecule has 0 bridgehead atoms. The van der Waals surface area contributed by atoms with Crippen molar-refractivity contribution in [1.82, 2.24) is 4.31 Å². The highest BCUT2D eigenvalue weighted by Gasteiger charge is 2.22. The van der Waals surface area contributed by atoms with Crippen LogP contribution in [-0.4, -0.2) is 38.3 Å². The maximum Gasteiger partial charge on any atom is 0.279 e. The van der Waals surface area contributed by atoms with Gasteiger partial charge in [-0.2, -0.15) is 4.31 Å². The Morgan fingerprint density at radius 3 is 2.25 bits per heavy atom. The zero-order valence-electron chi connectivity index (χ0n) is 17.0. The molecular weight excluding hydrogens is 374 g/mol. The van der Waals surface area contributed by atoms with Crippen molar-refractivity contribution in [2.75, 3.05) is 25.0 Å². The van der Waals surface area contributed by atoms with E-state index in [9.17, 15) is 13.2 Å². The van der Waals surface area contributed by atoms with Crippen molar-refractivity contribution in [3.63, 3.8) is 0 Å². The molecule has 0 heterocycles. The summed E-state index contributed by atoms with van der Waals surface area (Å²) in [6.07, 6.45) is 0. The molecule has 1 atom stereocenters. The van der Waals surface area contributed by atoms with Gasteiger partial charge in [0.1, 0.15) is 6.04 Å². The standard InChI is InChI=1S/C21H29N3O3S/c1-5-24(6-2)28(26,27)19-13-11-18(12-14-19)17(4)22-15-21(25)23-20-10-8-7-9-16(20)3/h7-14,17,22H,5-6,15H2,1-4H3,(H,23,25)/p+1/t17-/m0/s1. The van der Waals surface area contributed by atoms with Crippen molar-refractivity contribution in [1.29, 1.82) is 0 Å². The second kappa shape index (κ2) is 9.82. The number of carbonyl (C=O) groups excluding carboxylic acids is 1. The Hall–Kier alpha value is -2.22. The summed E-state index contributed by atoms with van der Waals surface area (Å²) in [5, 5.41) is 4.85. The van der Waals surface area contributed by atoms with Gasteiger partial charge in [0.05, 0.1) is 4.90 Å². The number of carbonyl (C=O) groups is 1. The molecule has 0 aliphatic rings. The molecule has 1 amide bonds. The summed E-state index contributed by atoms with van der Waals surface area (Å²) in [6, 6.07) is 14.6. The van der Waals surface area contributed by atoms with Gasteiger partial charge in [0.15, 0.2) is 6.54 Å². The Balaban J connectivity index is 1.97. The Labute approximate surface area is 168 Å². The first kappa shape index (κ1) is 22.1. The monoisotopic (exact) mass is 404 g/mol. The number of anilines is 1. The lowest BCUT2D eigenvalue weighted by molar-refractivity contribution is -0.682. The van der Waals surface area contributed by atoms with E-state index < -0.39 is 10.0 Å². The molecule has 0 fully saturated rings. The Bertz CT molecular complexity index is 891. The molecule has 2 rings (SSSR count). The molecule has 0 spiro atoms. The third-order valence-corrected chi connectivity index (χ3v) is 6.89. The number of para-hydroxylation sites is 1. The van der Waals surface area contributed by atoms with Gasteiger partial charge in [-0.3, -0.25) is 4.79 Å². The van der Waals surface area contributed by atoms with E-state index in [1.165, 1.54) is 4.31 Å². The third kappa shape index (κ3) is 5.41. The first-order chi connectivity index (χ1) is 13.3. The minimum Gasteiger partial charge on any atom is -0.333 e. The summed E-state index contributed by atoms with van der Waals surface area (Å²) in [5.41, 5.74) is 2.82. The summed E-state index contributed by atoms with van der Waals surface area (Å²) < 4.78 is 26.6. The average Bonchev–Trinajstić information content (AvgIpc) is 2.68. The number of aryl methyl sites for hydroxylation is 1. The molecule has 0 aliphatic heterocycles.